The van der Waals surface area contributed by atoms with Gasteiger partial charge in [-0.1, -0.05) is 91.0 Å². The highest BCUT2D eigenvalue weighted by Gasteiger charge is 2.43. The first-order chi connectivity index (χ1) is 26.4. The molecule has 1 N–H and O–H groups in total. The predicted octanol–water partition coefficient (Wildman–Crippen LogP) is 5.01. The molecule has 0 fully saturated rings. The lowest BCUT2D eigenvalue weighted by Gasteiger charge is -2.39. The maximum Gasteiger partial charge on any atom is 0.349 e. The number of aromatic amines is 1. The van der Waals surface area contributed by atoms with Crippen molar-refractivity contribution in [3.05, 3.63) is 152 Å². The number of H-pyrrole nitrogens is 1. The fourth-order valence-corrected chi connectivity index (χ4v) is 6.80. The van der Waals surface area contributed by atoms with Crippen LogP contribution in [0.4, 0.5) is 0 Å². The Morgan fingerprint density at radius 3 is 1.69 bits per heavy atom. The first kappa shape index (κ1) is 38.3. The normalized spacial score (nSPS) is 13.2. The molecule has 4 aromatic carbocycles. The van der Waals surface area contributed by atoms with Gasteiger partial charge in [0.1, 0.15) is 5.60 Å². The van der Waals surface area contributed by atoms with Crippen molar-refractivity contribution < 1.29 is 33.3 Å². The van der Waals surface area contributed by atoms with E-state index in [0.717, 1.165) is 27.8 Å². The van der Waals surface area contributed by atoms with E-state index in [2.05, 4.69) is 15.0 Å². The molecule has 0 bridgehead atoms. The summed E-state index contributed by atoms with van der Waals surface area (Å²) in [7, 11) is 0. The summed E-state index contributed by atoms with van der Waals surface area (Å²) >= 11 is 0. The lowest BCUT2D eigenvalue weighted by Crippen LogP contribution is -2.50. The number of aromatic nitrogens is 4. The van der Waals surface area contributed by atoms with E-state index in [-0.39, 0.29) is 24.7 Å². The summed E-state index contributed by atoms with van der Waals surface area (Å²) in [5.74, 6) is -2.33. The Morgan fingerprint density at radius 2 is 1.18 bits per heavy atom. The van der Waals surface area contributed by atoms with Crippen molar-refractivity contribution in [2.45, 2.75) is 65.1 Å². The number of esters is 3. The van der Waals surface area contributed by atoms with Gasteiger partial charge in [0.05, 0.1) is 24.2 Å². The monoisotopic (exact) mass is 744 g/mol. The standard InChI is InChI=1S/C42H40N4O9/c1-25-21-33-34(22-26(25)2)46(39-37(43-33)40(50)45-41(51)44-39)23-35(53-27(3)47)38(55-29(5)49)36(54-28(4)48)24-52-42(30-15-9-6-10-16-30,31-17-11-7-12-18-31)32-19-13-8-14-20-32/h6-22,35-36,38H,23-24H2,1-5H3,(H,45,50,51)/t35-,36+,38-/m0/s1. The molecule has 55 heavy (non-hydrogen) atoms. The number of hydrogen-bond donors (Lipinski definition) is 1. The zero-order valence-corrected chi connectivity index (χ0v) is 31.0. The van der Waals surface area contributed by atoms with E-state index in [4.69, 9.17) is 18.9 Å². The van der Waals surface area contributed by atoms with Crippen molar-refractivity contribution in [2.75, 3.05) is 6.61 Å². The summed E-state index contributed by atoms with van der Waals surface area (Å²) in [6, 6.07) is 32.1. The lowest BCUT2D eigenvalue weighted by molar-refractivity contribution is -0.192. The predicted molar refractivity (Wildman–Crippen MR) is 202 cm³/mol. The molecule has 3 atom stereocenters. The Bertz CT molecular complexity index is 2320. The number of fused-ring (bicyclic) bond motifs is 2. The Labute approximate surface area is 316 Å². The van der Waals surface area contributed by atoms with Crippen LogP contribution < -0.4 is 11.2 Å². The Kier molecular flexibility index (Phi) is 11.3. The molecule has 0 radical (unpaired) electrons. The molecule has 282 valence electrons. The fraction of sp³-hybridized carbons (Fsp3) is 0.262. The number of nitrogens with zero attached hydrogens (tertiary/aromatic N) is 3. The number of nitrogens with one attached hydrogen (secondary N) is 1. The zero-order valence-electron chi connectivity index (χ0n) is 31.0. The van der Waals surface area contributed by atoms with Crippen LogP contribution >= 0.6 is 0 Å². The van der Waals surface area contributed by atoms with Crippen molar-refractivity contribution in [1.29, 1.82) is 0 Å². The molecule has 0 saturated carbocycles. The summed E-state index contributed by atoms with van der Waals surface area (Å²) < 4.78 is 26.2. The van der Waals surface area contributed by atoms with Crippen LogP contribution in [0, 0.1) is 13.8 Å². The van der Waals surface area contributed by atoms with Gasteiger partial charge in [0, 0.05) is 20.8 Å². The van der Waals surface area contributed by atoms with Crippen LogP contribution in [0.2, 0.25) is 0 Å². The van der Waals surface area contributed by atoms with E-state index >= 15 is 0 Å². The van der Waals surface area contributed by atoms with Gasteiger partial charge in [-0.25, -0.2) is 9.78 Å². The topological polar surface area (TPSA) is 169 Å². The summed E-state index contributed by atoms with van der Waals surface area (Å²) in [4.78, 5) is 75.0. The van der Waals surface area contributed by atoms with Gasteiger partial charge >= 0.3 is 23.6 Å². The van der Waals surface area contributed by atoms with Crippen molar-refractivity contribution in [3.8, 4) is 11.5 Å². The second-order valence-electron chi connectivity index (χ2n) is 13.2. The van der Waals surface area contributed by atoms with Gasteiger partial charge in [-0.15, -0.1) is 0 Å². The number of hydrogen-bond acceptors (Lipinski definition) is 11. The van der Waals surface area contributed by atoms with Gasteiger partial charge in [0.15, 0.2) is 29.8 Å². The van der Waals surface area contributed by atoms with Crippen LogP contribution in [0.3, 0.4) is 0 Å². The van der Waals surface area contributed by atoms with Crippen LogP contribution in [-0.2, 0) is 45.5 Å². The lowest BCUT2D eigenvalue weighted by atomic mass is 9.80. The van der Waals surface area contributed by atoms with E-state index in [1.165, 1.54) is 25.3 Å². The molecular formula is C42H40N4O9. The highest BCUT2D eigenvalue weighted by atomic mass is 16.6. The molecule has 0 unspecified atom stereocenters. The second kappa shape index (κ2) is 16.3. The van der Waals surface area contributed by atoms with E-state index in [1.807, 2.05) is 105 Å². The van der Waals surface area contributed by atoms with Crippen molar-refractivity contribution >= 4 is 28.9 Å². The number of carbonyl (C=O) groups is 3. The molecule has 0 saturated heterocycles. The molecule has 0 aromatic heterocycles. The summed E-state index contributed by atoms with van der Waals surface area (Å²) in [6.45, 7) is 6.64. The largest absolute Gasteiger partial charge is 0.457 e. The third-order valence-corrected chi connectivity index (χ3v) is 9.26. The fourth-order valence-electron chi connectivity index (χ4n) is 6.80. The van der Waals surface area contributed by atoms with Crippen molar-refractivity contribution in [1.82, 2.24) is 19.5 Å². The van der Waals surface area contributed by atoms with Crippen LogP contribution in [0.1, 0.15) is 48.6 Å². The Hall–Kier alpha value is -6.47. The molecule has 2 aliphatic heterocycles. The van der Waals surface area contributed by atoms with Crippen LogP contribution in [0.5, 0.6) is 0 Å². The third-order valence-electron chi connectivity index (χ3n) is 9.26. The summed E-state index contributed by atoms with van der Waals surface area (Å²) in [5, 5.41) is 0. The number of aryl methyl sites for hydroxylation is 2. The number of ether oxygens (including phenoxy) is 4. The third kappa shape index (κ3) is 8.21. The Balaban J connectivity index is 1.52. The van der Waals surface area contributed by atoms with Crippen molar-refractivity contribution in [3.63, 3.8) is 0 Å². The second-order valence-corrected chi connectivity index (χ2v) is 13.2. The zero-order chi connectivity index (χ0) is 39.3. The quantitative estimate of drug-likeness (QED) is 0.0731. The van der Waals surface area contributed by atoms with E-state index < -0.39 is 53.1 Å². The number of rotatable bonds is 13. The van der Waals surface area contributed by atoms with Gasteiger partial charge < -0.3 is 23.5 Å². The average molecular weight is 745 g/mol. The van der Waals surface area contributed by atoms with Crippen molar-refractivity contribution in [2.24, 2.45) is 0 Å². The summed E-state index contributed by atoms with van der Waals surface area (Å²) in [6.07, 6.45) is -4.22. The molecule has 2 aliphatic rings. The van der Waals surface area contributed by atoms with Gasteiger partial charge in [-0.05, 0) is 53.8 Å². The molecule has 2 heterocycles. The highest BCUT2D eigenvalue weighted by molar-refractivity contribution is 5.81. The molecule has 0 aliphatic carbocycles. The SMILES string of the molecule is CC(=O)O[C@@H]([C@H](Cn1c2nc(=O)[nH]c(=O)c-2nc2cc(C)c(C)cc21)OC(C)=O)[C@@H](COC(c1ccccc1)(c1ccccc1)c1ccccc1)OC(C)=O. The van der Waals surface area contributed by atoms with Crippen LogP contribution in [-0.4, -0.2) is 62.3 Å². The summed E-state index contributed by atoms with van der Waals surface area (Å²) in [5.41, 5.74) is 1.78. The van der Waals surface area contributed by atoms with Crippen LogP contribution in [0.25, 0.3) is 22.6 Å². The molecule has 4 aromatic rings. The number of carbonyl (C=O) groups excluding carboxylic acids is 3. The minimum atomic E-state index is -1.48. The van der Waals surface area contributed by atoms with E-state index in [1.54, 1.807) is 12.1 Å². The molecule has 6 rings (SSSR count). The van der Waals surface area contributed by atoms with Crippen LogP contribution in [0.15, 0.2) is 113 Å². The molecule has 13 nitrogen and oxygen atoms in total. The van der Waals surface area contributed by atoms with Gasteiger partial charge in [-0.2, -0.15) is 4.98 Å². The molecule has 0 amide bonds. The maximum absolute atomic E-state index is 13.0. The molecular weight excluding hydrogens is 704 g/mol. The maximum atomic E-state index is 13.0. The smallest absolute Gasteiger partial charge is 0.349 e. The Morgan fingerprint density at radius 1 is 0.691 bits per heavy atom. The molecule has 0 spiro atoms. The average Bonchev–Trinajstić information content (AvgIpc) is 3.15. The van der Waals surface area contributed by atoms with Gasteiger partial charge in [-0.3, -0.25) is 24.2 Å². The van der Waals surface area contributed by atoms with Gasteiger partial charge in [0.2, 0.25) is 0 Å². The first-order valence-corrected chi connectivity index (χ1v) is 17.6. The van der Waals surface area contributed by atoms with E-state index in [0.29, 0.717) is 11.0 Å². The van der Waals surface area contributed by atoms with E-state index in [9.17, 15) is 24.0 Å². The minimum Gasteiger partial charge on any atom is -0.457 e. The molecule has 13 heteroatoms. The number of benzene rings is 4. The van der Waals surface area contributed by atoms with Gasteiger partial charge in [0.25, 0.3) is 5.56 Å². The minimum absolute atomic E-state index is 0.0974. The first-order valence-electron chi connectivity index (χ1n) is 17.6. The highest BCUT2D eigenvalue weighted by Crippen LogP contribution is 2.41.